The van der Waals surface area contributed by atoms with Gasteiger partial charge < -0.3 is 15.4 Å². The molecule has 0 bridgehead atoms. The van der Waals surface area contributed by atoms with Crippen LogP contribution >= 0.6 is 12.4 Å². The van der Waals surface area contributed by atoms with E-state index in [-0.39, 0.29) is 18.3 Å². The van der Waals surface area contributed by atoms with Crippen LogP contribution < -0.4 is 10.6 Å². The highest BCUT2D eigenvalue weighted by atomic mass is 35.5. The van der Waals surface area contributed by atoms with Crippen molar-refractivity contribution in [3.8, 4) is 0 Å². The average molecular weight is 307 g/mol. The van der Waals surface area contributed by atoms with Crippen molar-refractivity contribution >= 4 is 18.3 Å². The first-order chi connectivity index (χ1) is 9.18. The van der Waals surface area contributed by atoms with Crippen LogP contribution in [0.1, 0.15) is 52.4 Å². The lowest BCUT2D eigenvalue weighted by molar-refractivity contribution is -0.146. The fraction of sp³-hybridized carbons (Fsp3) is 0.933. The van der Waals surface area contributed by atoms with Gasteiger partial charge in [-0.1, -0.05) is 33.1 Å². The SMILES string of the molecule is CCCCC(CC)CNC(=O)C1(OC)CCNCC1.Cl. The molecule has 0 spiro atoms. The molecule has 1 fully saturated rings. The Balaban J connectivity index is 0.00000361. The maximum atomic E-state index is 12.4. The van der Waals surface area contributed by atoms with Gasteiger partial charge in [0.05, 0.1) is 0 Å². The van der Waals surface area contributed by atoms with Crippen LogP contribution in [0.25, 0.3) is 0 Å². The third-order valence-electron chi connectivity index (χ3n) is 4.31. The van der Waals surface area contributed by atoms with E-state index in [4.69, 9.17) is 4.74 Å². The number of amides is 1. The molecule has 0 aromatic carbocycles. The lowest BCUT2D eigenvalue weighted by atomic mass is 9.90. The van der Waals surface area contributed by atoms with Gasteiger partial charge in [0.15, 0.2) is 0 Å². The zero-order valence-corrected chi connectivity index (χ0v) is 14.0. The number of ether oxygens (including phenoxy) is 1. The minimum absolute atomic E-state index is 0. The largest absolute Gasteiger partial charge is 0.368 e. The molecule has 1 saturated heterocycles. The molecule has 20 heavy (non-hydrogen) atoms. The van der Waals surface area contributed by atoms with Gasteiger partial charge >= 0.3 is 0 Å². The van der Waals surface area contributed by atoms with E-state index in [0.29, 0.717) is 5.92 Å². The molecule has 5 heteroatoms. The van der Waals surface area contributed by atoms with Gasteiger partial charge in [0.1, 0.15) is 5.60 Å². The lowest BCUT2D eigenvalue weighted by Gasteiger charge is -2.35. The second-order valence-electron chi connectivity index (χ2n) is 5.57. The Bertz CT molecular complexity index is 269. The summed E-state index contributed by atoms with van der Waals surface area (Å²) in [6.07, 6.45) is 6.32. The molecule has 1 aliphatic rings. The molecule has 1 aliphatic heterocycles. The number of piperidine rings is 1. The molecular formula is C15H31ClN2O2. The van der Waals surface area contributed by atoms with Crippen LogP contribution in [0.5, 0.6) is 0 Å². The van der Waals surface area contributed by atoms with E-state index in [1.54, 1.807) is 7.11 Å². The molecule has 0 saturated carbocycles. The van der Waals surface area contributed by atoms with Crippen molar-refractivity contribution in [2.24, 2.45) is 5.92 Å². The number of carbonyl (C=O) groups excluding carboxylic acids is 1. The van der Waals surface area contributed by atoms with Crippen molar-refractivity contribution in [2.45, 2.75) is 58.0 Å². The first kappa shape index (κ1) is 19.7. The summed E-state index contributed by atoms with van der Waals surface area (Å²) < 4.78 is 5.54. The topological polar surface area (TPSA) is 50.4 Å². The molecule has 1 rings (SSSR count). The molecule has 120 valence electrons. The number of hydrogen-bond donors (Lipinski definition) is 2. The van der Waals surface area contributed by atoms with Gasteiger partial charge in [-0.05, 0) is 38.3 Å². The summed E-state index contributed by atoms with van der Waals surface area (Å²) in [7, 11) is 1.65. The third kappa shape index (κ3) is 5.58. The maximum absolute atomic E-state index is 12.4. The molecular weight excluding hydrogens is 276 g/mol. The van der Waals surface area contributed by atoms with Crippen molar-refractivity contribution in [3.05, 3.63) is 0 Å². The number of unbranched alkanes of at least 4 members (excludes halogenated alkanes) is 1. The highest BCUT2D eigenvalue weighted by Gasteiger charge is 2.39. The van der Waals surface area contributed by atoms with Gasteiger partial charge in [-0.25, -0.2) is 0 Å². The minimum atomic E-state index is -0.603. The van der Waals surface area contributed by atoms with Gasteiger partial charge in [-0.3, -0.25) is 4.79 Å². The van der Waals surface area contributed by atoms with Crippen LogP contribution in [-0.2, 0) is 9.53 Å². The van der Waals surface area contributed by atoms with Crippen molar-refractivity contribution in [2.75, 3.05) is 26.7 Å². The summed E-state index contributed by atoms with van der Waals surface area (Å²) in [4.78, 5) is 12.4. The number of hydrogen-bond acceptors (Lipinski definition) is 3. The Morgan fingerprint density at radius 2 is 2.00 bits per heavy atom. The third-order valence-corrected chi connectivity index (χ3v) is 4.31. The number of halogens is 1. The molecule has 1 amide bonds. The number of methoxy groups -OCH3 is 1. The summed E-state index contributed by atoms with van der Waals surface area (Å²) in [5, 5.41) is 6.38. The first-order valence-electron chi connectivity index (χ1n) is 7.72. The van der Waals surface area contributed by atoms with Crippen LogP contribution in [0.4, 0.5) is 0 Å². The highest BCUT2D eigenvalue weighted by Crippen LogP contribution is 2.23. The normalized spacial score (nSPS) is 18.9. The van der Waals surface area contributed by atoms with Crippen LogP contribution in [-0.4, -0.2) is 38.3 Å². The first-order valence-corrected chi connectivity index (χ1v) is 7.72. The van der Waals surface area contributed by atoms with E-state index < -0.39 is 5.60 Å². The zero-order chi connectivity index (χ0) is 14.1. The van der Waals surface area contributed by atoms with E-state index >= 15 is 0 Å². The second-order valence-corrected chi connectivity index (χ2v) is 5.57. The molecule has 0 aliphatic carbocycles. The smallest absolute Gasteiger partial charge is 0.252 e. The van der Waals surface area contributed by atoms with E-state index in [1.807, 2.05) is 0 Å². The molecule has 1 atom stereocenters. The van der Waals surface area contributed by atoms with E-state index in [0.717, 1.165) is 38.9 Å². The van der Waals surface area contributed by atoms with Crippen molar-refractivity contribution in [1.82, 2.24) is 10.6 Å². The van der Waals surface area contributed by atoms with E-state index in [1.165, 1.54) is 19.3 Å². The maximum Gasteiger partial charge on any atom is 0.252 e. The molecule has 0 aromatic heterocycles. The molecule has 1 unspecified atom stereocenters. The molecule has 0 radical (unpaired) electrons. The van der Waals surface area contributed by atoms with E-state index in [2.05, 4.69) is 24.5 Å². The summed E-state index contributed by atoms with van der Waals surface area (Å²) >= 11 is 0. The second kappa shape index (κ2) is 10.4. The number of rotatable bonds is 8. The molecule has 1 heterocycles. The fourth-order valence-electron chi connectivity index (χ4n) is 2.70. The standard InChI is InChI=1S/C15H30N2O2.ClH/c1-4-6-7-13(5-2)12-17-14(18)15(19-3)8-10-16-11-9-15;/h13,16H,4-12H2,1-3H3,(H,17,18);1H. The highest BCUT2D eigenvalue weighted by molar-refractivity contribution is 5.85. The van der Waals surface area contributed by atoms with Crippen molar-refractivity contribution in [3.63, 3.8) is 0 Å². The van der Waals surface area contributed by atoms with Crippen LogP contribution in [0.15, 0.2) is 0 Å². The van der Waals surface area contributed by atoms with Crippen molar-refractivity contribution < 1.29 is 9.53 Å². The van der Waals surface area contributed by atoms with Crippen LogP contribution in [0.3, 0.4) is 0 Å². The van der Waals surface area contributed by atoms with Crippen LogP contribution in [0, 0.1) is 5.92 Å². The Labute approximate surface area is 129 Å². The Hall–Kier alpha value is -0.320. The van der Waals surface area contributed by atoms with Crippen LogP contribution in [0.2, 0.25) is 0 Å². The minimum Gasteiger partial charge on any atom is -0.368 e. The Kier molecular flexibility index (Phi) is 10.2. The van der Waals surface area contributed by atoms with Gasteiger partial charge in [0, 0.05) is 13.7 Å². The quantitative estimate of drug-likeness (QED) is 0.724. The number of nitrogens with one attached hydrogen (secondary N) is 2. The summed E-state index contributed by atoms with van der Waals surface area (Å²) in [6.45, 7) is 6.90. The van der Waals surface area contributed by atoms with Crippen molar-refractivity contribution in [1.29, 1.82) is 0 Å². The predicted molar refractivity (Wildman–Crippen MR) is 85.4 cm³/mol. The zero-order valence-electron chi connectivity index (χ0n) is 13.2. The predicted octanol–water partition coefficient (Wildman–Crippen LogP) is 2.51. The Morgan fingerprint density at radius 3 is 2.50 bits per heavy atom. The van der Waals surface area contributed by atoms with E-state index in [9.17, 15) is 4.79 Å². The van der Waals surface area contributed by atoms with Gasteiger partial charge in [0.2, 0.25) is 0 Å². The molecule has 2 N–H and O–H groups in total. The number of carbonyl (C=O) groups is 1. The van der Waals surface area contributed by atoms with Gasteiger partial charge in [-0.2, -0.15) is 0 Å². The Morgan fingerprint density at radius 1 is 1.35 bits per heavy atom. The summed E-state index contributed by atoms with van der Waals surface area (Å²) in [6, 6.07) is 0. The lowest BCUT2D eigenvalue weighted by Crippen LogP contribution is -2.54. The fourth-order valence-corrected chi connectivity index (χ4v) is 2.70. The molecule has 4 nitrogen and oxygen atoms in total. The molecule has 0 aromatic rings. The average Bonchev–Trinajstić information content (AvgIpc) is 2.47. The summed E-state index contributed by atoms with van der Waals surface area (Å²) in [5.41, 5.74) is -0.603. The van der Waals surface area contributed by atoms with Gasteiger partial charge in [-0.15, -0.1) is 12.4 Å². The van der Waals surface area contributed by atoms with Gasteiger partial charge in [0.25, 0.3) is 5.91 Å². The monoisotopic (exact) mass is 306 g/mol. The summed E-state index contributed by atoms with van der Waals surface area (Å²) in [5.74, 6) is 0.672.